The van der Waals surface area contributed by atoms with Gasteiger partial charge in [0.2, 0.25) is 0 Å². The maximum absolute atomic E-state index is 13.2. The zero-order valence-electron chi connectivity index (χ0n) is 36.0. The van der Waals surface area contributed by atoms with Crippen molar-refractivity contribution in [3.05, 3.63) is 164 Å². The van der Waals surface area contributed by atoms with Crippen LogP contribution >= 0.6 is 0 Å². The second-order valence-corrected chi connectivity index (χ2v) is 22.2. The topological polar surface area (TPSA) is 133 Å². The molecule has 0 aliphatic carbocycles. The Morgan fingerprint density at radius 2 is 0.569 bits per heavy atom. The van der Waals surface area contributed by atoms with Gasteiger partial charge in [-0.15, -0.1) is 0 Å². The molecule has 0 unspecified atom stereocenters. The number of nitrogens with zero attached hydrogens (tertiary/aromatic N) is 9. The number of para-hydroxylation sites is 4. The molecule has 4 amide bonds. The number of carbonyl (C=O) groups is 4. The number of rotatable bonds is 16. The molecule has 4 aromatic carbocycles. The van der Waals surface area contributed by atoms with Crippen LogP contribution < -0.4 is 19.6 Å². The minimum absolute atomic E-state index is 0.122. The van der Waals surface area contributed by atoms with E-state index in [-0.39, 0.29) is 81.6 Å². The number of hydrogen-bond acceptors (Lipinski definition) is 8. The number of benzene rings is 4. The van der Waals surface area contributed by atoms with Crippen molar-refractivity contribution in [3.63, 3.8) is 0 Å². The summed E-state index contributed by atoms with van der Waals surface area (Å²) in [7, 11) is 0. The van der Waals surface area contributed by atoms with Crippen LogP contribution in [0.3, 0.4) is 0 Å². The summed E-state index contributed by atoms with van der Waals surface area (Å²) in [6.45, 7) is 7.97. The molecule has 8 aromatic rings. The second kappa shape index (κ2) is 20.7. The molecular weight excluding hydrogens is 1080 g/mol. The summed E-state index contributed by atoms with van der Waals surface area (Å²) in [6.07, 6.45) is 0. The van der Waals surface area contributed by atoms with Crippen LogP contribution in [-0.4, -0.2) is 106 Å². The zero-order valence-corrected chi connectivity index (χ0v) is 42.8. The van der Waals surface area contributed by atoms with E-state index >= 15 is 0 Å². The Morgan fingerprint density at radius 1 is 0.369 bits per heavy atom. The van der Waals surface area contributed by atoms with E-state index in [9.17, 15) is 19.2 Å². The van der Waals surface area contributed by atoms with Crippen LogP contribution in [0, 0.1) is 0 Å². The molecule has 0 aliphatic rings. The number of carbonyl (C=O) groups excluding carboxylic acids is 4. The van der Waals surface area contributed by atoms with Gasteiger partial charge in [0.1, 0.15) is 0 Å². The summed E-state index contributed by atoms with van der Waals surface area (Å²) in [5, 5.41) is 0. The number of aromatic nitrogens is 4. The fraction of sp³-hybridized carbons (Fsp3) is 0.167. The Morgan fingerprint density at radius 3 is 0.754 bits per heavy atom. The molecule has 17 heteroatoms. The molecule has 4 aromatic heterocycles. The summed E-state index contributed by atoms with van der Waals surface area (Å²) in [5.41, 5.74) is 6.34. The summed E-state index contributed by atoms with van der Waals surface area (Å²) < 4.78 is 3.13. The Bertz CT molecular complexity index is 2510. The third-order valence-corrected chi connectivity index (χ3v) is 17.6. The predicted octanol–water partition coefficient (Wildman–Crippen LogP) is 7.15. The number of hydrogen-bond donors (Lipinski definition) is 0. The average Bonchev–Trinajstić information content (AvgIpc) is 4.13. The van der Waals surface area contributed by atoms with Gasteiger partial charge in [-0.25, -0.2) is 0 Å². The molecule has 0 saturated carbocycles. The zero-order chi connectivity index (χ0) is 45.5. The molecule has 0 spiro atoms. The van der Waals surface area contributed by atoms with E-state index in [0.29, 0.717) is 49.4 Å². The first-order chi connectivity index (χ1) is 31.5. The fourth-order valence-corrected chi connectivity index (χ4v) is 15.0. The van der Waals surface area contributed by atoms with E-state index in [0.717, 1.165) is 45.5 Å². The van der Waals surface area contributed by atoms with Gasteiger partial charge < -0.3 is 0 Å². The van der Waals surface area contributed by atoms with E-state index < -0.39 is 0 Å². The summed E-state index contributed by atoms with van der Waals surface area (Å²) in [5.74, 6) is -0.488. The van der Waals surface area contributed by atoms with Gasteiger partial charge in [0.15, 0.2) is 0 Å². The van der Waals surface area contributed by atoms with Crippen molar-refractivity contribution >= 4 is 123 Å². The molecule has 0 N–H and O–H groups in total. The molecular formula is C48H44N9O4Se4+. The van der Waals surface area contributed by atoms with Crippen LogP contribution in [0.5, 0.6) is 0 Å². The van der Waals surface area contributed by atoms with Gasteiger partial charge in [-0.05, 0) is 0 Å². The first-order valence-electron chi connectivity index (χ1n) is 20.5. The molecule has 4 heterocycles. The fourth-order valence-electron chi connectivity index (χ4n) is 7.61. The van der Waals surface area contributed by atoms with Crippen molar-refractivity contribution in [1.82, 2.24) is 19.9 Å². The monoisotopic (exact) mass is 1130 g/mol. The van der Waals surface area contributed by atoms with E-state index in [2.05, 4.69) is 19.8 Å². The minimum atomic E-state index is -0.247. The second-order valence-electron chi connectivity index (χ2n) is 15.2. The number of quaternary nitrogens is 1. The van der Waals surface area contributed by atoms with Crippen molar-refractivity contribution in [1.29, 1.82) is 0 Å². The van der Waals surface area contributed by atoms with Crippen molar-refractivity contribution in [2.24, 2.45) is 0 Å². The van der Waals surface area contributed by atoms with Gasteiger partial charge >= 0.3 is 404 Å². The van der Waals surface area contributed by atoms with Gasteiger partial charge in [0.25, 0.3) is 0 Å². The van der Waals surface area contributed by atoms with Gasteiger partial charge in [-0.3, -0.25) is 0 Å². The van der Waals surface area contributed by atoms with Crippen molar-refractivity contribution in [2.75, 3.05) is 19.6 Å². The molecule has 13 nitrogen and oxygen atoms in total. The average molecular weight is 1130 g/mol. The van der Waals surface area contributed by atoms with Crippen molar-refractivity contribution in [2.45, 2.75) is 53.9 Å². The molecule has 0 radical (unpaired) electrons. The van der Waals surface area contributed by atoms with E-state index in [1.165, 1.54) is 0 Å². The Kier molecular flexibility index (Phi) is 14.7. The predicted molar refractivity (Wildman–Crippen MR) is 257 cm³/mol. The van der Waals surface area contributed by atoms with Gasteiger partial charge in [-0.1, -0.05) is 0 Å². The Labute approximate surface area is 401 Å². The molecule has 0 bridgehead atoms. The van der Waals surface area contributed by atoms with Crippen LogP contribution in [-0.2, 0) is 45.4 Å². The molecule has 8 rings (SSSR count). The molecule has 328 valence electrons. The third-order valence-electron chi connectivity index (χ3n) is 10.2. The van der Waals surface area contributed by atoms with E-state index in [1.54, 1.807) is 47.3 Å². The van der Waals surface area contributed by atoms with E-state index in [1.807, 2.05) is 121 Å². The van der Waals surface area contributed by atoms with E-state index in [4.69, 9.17) is 19.9 Å². The maximum atomic E-state index is 13.2. The van der Waals surface area contributed by atoms with Crippen LogP contribution in [0.25, 0.3) is 0 Å². The SMILES string of the molecule is CC(=O)N(c1ccccc1)c1nc(C[N+](Cc2c[se]c(N(C(C)=O)c3ccccc3)n2)(Cc2c[se]c(N(C(C)=O)c3ccccc3)n2)Cc2c[se]c(N(C(C)=O)c3ccccc3)n2)c[se]1. The third kappa shape index (κ3) is 10.9. The quantitative estimate of drug-likeness (QED) is 0.0737. The summed E-state index contributed by atoms with van der Waals surface area (Å²) in [6, 6.07) is 38.3. The van der Waals surface area contributed by atoms with Crippen LogP contribution in [0.15, 0.2) is 141 Å². The summed E-state index contributed by atoms with van der Waals surface area (Å²) >= 11 is -0.989. The Hall–Kier alpha value is -5.56. The number of amides is 4. The first-order valence-corrected chi connectivity index (χ1v) is 27.9. The van der Waals surface area contributed by atoms with Crippen LogP contribution in [0.1, 0.15) is 50.5 Å². The standard InChI is InChI=1S/C48H44N9O4Se4/c1-33(58)53(41-17-9-5-10-18-41)45-49-37(29-62-45)25-57(26-38-30-63-46(50-38)54(34(2)59)42-19-11-6-12-20-42,27-39-31-64-47(51-39)55(35(3)60)43-21-13-7-14-22-43)28-40-32-65-48(52-40)56(36(4)61)44-23-15-8-16-24-44/h5-24,29-32H,25-28H2,1-4H3/q+1. The first kappa shape index (κ1) is 46.0. The number of anilines is 8. The molecule has 0 fully saturated rings. The van der Waals surface area contributed by atoms with Crippen LogP contribution in [0.4, 0.5) is 41.5 Å². The molecule has 0 saturated heterocycles. The van der Waals surface area contributed by atoms with Gasteiger partial charge in [0, 0.05) is 0 Å². The molecule has 0 atom stereocenters. The van der Waals surface area contributed by atoms with Crippen molar-refractivity contribution in [3.8, 4) is 0 Å². The van der Waals surface area contributed by atoms with Gasteiger partial charge in [-0.2, -0.15) is 0 Å². The van der Waals surface area contributed by atoms with Gasteiger partial charge in [0.05, 0.1) is 0 Å². The summed E-state index contributed by atoms with van der Waals surface area (Å²) in [4.78, 5) is 88.9. The molecule has 65 heavy (non-hydrogen) atoms. The normalized spacial score (nSPS) is 11.3. The van der Waals surface area contributed by atoms with Crippen LogP contribution in [0.2, 0.25) is 0 Å². The van der Waals surface area contributed by atoms with Crippen molar-refractivity contribution < 1.29 is 23.7 Å². The molecule has 0 aliphatic heterocycles. The Balaban J connectivity index is 1.24.